The highest BCUT2D eigenvalue weighted by Crippen LogP contribution is 2.22. The molecule has 1 saturated heterocycles. The first-order valence-electron chi connectivity index (χ1n) is 8.88. The molecule has 1 heterocycles. The average molecular weight is 402 g/mol. The molecule has 1 aliphatic rings. The number of carbonyl (C=O) groups excluding carboxylic acids is 2. The second-order valence-electron chi connectivity index (χ2n) is 6.71. The van der Waals surface area contributed by atoms with Gasteiger partial charge >= 0.3 is 5.97 Å². The highest BCUT2D eigenvalue weighted by molar-refractivity contribution is 7.89. The van der Waals surface area contributed by atoms with Crippen molar-refractivity contribution in [1.29, 1.82) is 0 Å². The van der Waals surface area contributed by atoms with E-state index in [0.29, 0.717) is 24.1 Å². The van der Waals surface area contributed by atoms with Gasteiger partial charge in [-0.2, -0.15) is 0 Å². The van der Waals surface area contributed by atoms with E-state index < -0.39 is 16.0 Å². The molecule has 0 bridgehead atoms. The summed E-state index contributed by atoms with van der Waals surface area (Å²) in [6.07, 6.45) is 1.39. The molecule has 1 amide bonds. The normalized spacial score (nSPS) is 14.5. The van der Waals surface area contributed by atoms with Gasteiger partial charge in [0.15, 0.2) is 0 Å². The third-order valence-corrected chi connectivity index (χ3v) is 6.35. The lowest BCUT2D eigenvalue weighted by molar-refractivity contribution is -0.117. The van der Waals surface area contributed by atoms with Crippen LogP contribution in [0.2, 0.25) is 0 Å². The quantitative estimate of drug-likeness (QED) is 0.693. The van der Waals surface area contributed by atoms with E-state index in [0.717, 1.165) is 16.4 Å². The molecule has 0 aromatic heterocycles. The minimum Gasteiger partial charge on any atom is -0.457 e. The number of nitrogens with zero attached hydrogens (tertiary/aromatic N) is 2. The topological polar surface area (TPSA) is 84.0 Å². The summed E-state index contributed by atoms with van der Waals surface area (Å²) in [5.41, 5.74) is 1.71. The van der Waals surface area contributed by atoms with Crippen molar-refractivity contribution in [3.05, 3.63) is 59.7 Å². The molecule has 28 heavy (non-hydrogen) atoms. The van der Waals surface area contributed by atoms with E-state index in [-0.39, 0.29) is 17.4 Å². The second kappa shape index (κ2) is 8.12. The van der Waals surface area contributed by atoms with Gasteiger partial charge in [-0.1, -0.05) is 12.1 Å². The Morgan fingerprint density at radius 2 is 1.86 bits per heavy atom. The van der Waals surface area contributed by atoms with Gasteiger partial charge in [0.1, 0.15) is 6.61 Å². The zero-order valence-corrected chi connectivity index (χ0v) is 16.6. The van der Waals surface area contributed by atoms with Gasteiger partial charge in [0, 0.05) is 32.7 Å². The number of anilines is 1. The van der Waals surface area contributed by atoms with Crippen molar-refractivity contribution < 1.29 is 22.7 Å². The molecule has 0 radical (unpaired) electrons. The Labute approximate surface area is 164 Å². The van der Waals surface area contributed by atoms with Crippen molar-refractivity contribution in [3.63, 3.8) is 0 Å². The number of benzene rings is 2. The maximum absolute atomic E-state index is 12.3. The fourth-order valence-electron chi connectivity index (χ4n) is 2.94. The number of carbonyl (C=O) groups is 2. The van der Waals surface area contributed by atoms with Crippen LogP contribution in [0.25, 0.3) is 0 Å². The monoisotopic (exact) mass is 402 g/mol. The molecule has 148 valence electrons. The lowest BCUT2D eigenvalue weighted by atomic mass is 10.2. The van der Waals surface area contributed by atoms with Crippen LogP contribution in [-0.4, -0.2) is 45.2 Å². The fraction of sp³-hybridized carbons (Fsp3) is 0.300. The summed E-state index contributed by atoms with van der Waals surface area (Å²) in [5, 5.41) is 0. The van der Waals surface area contributed by atoms with Crippen molar-refractivity contribution in [3.8, 4) is 0 Å². The summed E-state index contributed by atoms with van der Waals surface area (Å²) < 4.78 is 30.8. The summed E-state index contributed by atoms with van der Waals surface area (Å²) in [4.78, 5) is 25.9. The summed E-state index contributed by atoms with van der Waals surface area (Å²) in [7, 11) is -0.627. The number of hydrogen-bond acceptors (Lipinski definition) is 5. The van der Waals surface area contributed by atoms with Gasteiger partial charge in [0.25, 0.3) is 0 Å². The number of sulfonamides is 1. The van der Waals surface area contributed by atoms with Crippen LogP contribution < -0.4 is 4.90 Å². The Morgan fingerprint density at radius 3 is 2.46 bits per heavy atom. The molecule has 2 aromatic rings. The Bertz CT molecular complexity index is 984. The van der Waals surface area contributed by atoms with Gasteiger partial charge in [0.05, 0.1) is 10.5 Å². The molecular weight excluding hydrogens is 380 g/mol. The zero-order chi connectivity index (χ0) is 20.3. The summed E-state index contributed by atoms with van der Waals surface area (Å²) in [5.74, 6) is -0.428. The Hall–Kier alpha value is -2.71. The SMILES string of the molecule is CN(C)S(=O)(=O)c1cccc(COC(=O)c2ccc(N3CCCC3=O)cc2)c1. The van der Waals surface area contributed by atoms with Gasteiger partial charge in [-0.3, -0.25) is 4.79 Å². The molecule has 0 atom stereocenters. The van der Waals surface area contributed by atoms with Crippen molar-refractivity contribution >= 4 is 27.6 Å². The molecule has 7 nitrogen and oxygen atoms in total. The van der Waals surface area contributed by atoms with E-state index in [1.54, 1.807) is 41.3 Å². The molecule has 1 fully saturated rings. The second-order valence-corrected chi connectivity index (χ2v) is 8.86. The highest BCUT2D eigenvalue weighted by atomic mass is 32.2. The van der Waals surface area contributed by atoms with E-state index in [4.69, 9.17) is 4.74 Å². The number of esters is 1. The number of amides is 1. The number of ether oxygens (including phenoxy) is 1. The summed E-state index contributed by atoms with van der Waals surface area (Å²) in [6, 6.07) is 13.0. The summed E-state index contributed by atoms with van der Waals surface area (Å²) in [6.45, 7) is 0.650. The number of rotatable bonds is 6. The molecule has 2 aromatic carbocycles. The van der Waals surface area contributed by atoms with E-state index in [2.05, 4.69) is 0 Å². The minimum atomic E-state index is -3.55. The maximum atomic E-state index is 12.3. The van der Waals surface area contributed by atoms with Crippen molar-refractivity contribution in [1.82, 2.24) is 4.31 Å². The van der Waals surface area contributed by atoms with Gasteiger partial charge in [0.2, 0.25) is 15.9 Å². The van der Waals surface area contributed by atoms with E-state index in [9.17, 15) is 18.0 Å². The van der Waals surface area contributed by atoms with Crippen LogP contribution in [0.5, 0.6) is 0 Å². The van der Waals surface area contributed by atoms with Gasteiger partial charge < -0.3 is 9.64 Å². The molecule has 8 heteroatoms. The Morgan fingerprint density at radius 1 is 1.14 bits per heavy atom. The smallest absolute Gasteiger partial charge is 0.338 e. The summed E-state index contributed by atoms with van der Waals surface area (Å²) >= 11 is 0. The standard InChI is InChI=1S/C20H22N2O5S/c1-21(2)28(25,26)18-6-3-5-15(13-18)14-27-20(24)16-8-10-17(11-9-16)22-12-4-7-19(22)23/h3,5-6,8-11,13H,4,7,12,14H2,1-2H3. The molecule has 0 unspecified atom stereocenters. The van der Waals surface area contributed by atoms with Crippen molar-refractivity contribution in [2.75, 3.05) is 25.5 Å². The fourth-order valence-corrected chi connectivity index (χ4v) is 3.91. The zero-order valence-electron chi connectivity index (χ0n) is 15.8. The van der Waals surface area contributed by atoms with Crippen LogP contribution in [0.4, 0.5) is 5.69 Å². The predicted molar refractivity (Wildman–Crippen MR) is 104 cm³/mol. The van der Waals surface area contributed by atoms with Gasteiger partial charge in [-0.25, -0.2) is 17.5 Å². The van der Waals surface area contributed by atoms with Gasteiger partial charge in [-0.15, -0.1) is 0 Å². The van der Waals surface area contributed by atoms with Crippen LogP contribution in [-0.2, 0) is 26.2 Å². The van der Waals surface area contributed by atoms with Crippen molar-refractivity contribution in [2.45, 2.75) is 24.3 Å². The number of hydrogen-bond donors (Lipinski definition) is 0. The molecule has 0 spiro atoms. The maximum Gasteiger partial charge on any atom is 0.338 e. The van der Waals surface area contributed by atoms with Gasteiger partial charge in [-0.05, 0) is 48.4 Å². The van der Waals surface area contributed by atoms with Crippen LogP contribution in [0.1, 0.15) is 28.8 Å². The molecule has 1 aliphatic heterocycles. The third kappa shape index (κ3) is 4.23. The first-order valence-corrected chi connectivity index (χ1v) is 10.3. The van der Waals surface area contributed by atoms with E-state index in [1.807, 2.05) is 0 Å². The lowest BCUT2D eigenvalue weighted by Gasteiger charge is -2.15. The molecule has 0 aliphatic carbocycles. The van der Waals surface area contributed by atoms with Crippen LogP contribution in [0.15, 0.2) is 53.4 Å². The van der Waals surface area contributed by atoms with Crippen LogP contribution in [0.3, 0.4) is 0 Å². The van der Waals surface area contributed by atoms with E-state index in [1.165, 1.54) is 26.2 Å². The first-order chi connectivity index (χ1) is 13.3. The Balaban J connectivity index is 1.65. The van der Waals surface area contributed by atoms with Crippen LogP contribution >= 0.6 is 0 Å². The highest BCUT2D eigenvalue weighted by Gasteiger charge is 2.22. The minimum absolute atomic E-state index is 0.0397. The Kier molecular flexibility index (Phi) is 5.81. The molecule has 0 saturated carbocycles. The van der Waals surface area contributed by atoms with Crippen LogP contribution in [0, 0.1) is 0 Å². The van der Waals surface area contributed by atoms with Crippen molar-refractivity contribution in [2.24, 2.45) is 0 Å². The molecule has 0 N–H and O–H groups in total. The molecule has 3 rings (SSSR count). The predicted octanol–water partition coefficient (Wildman–Crippen LogP) is 2.42. The third-order valence-electron chi connectivity index (χ3n) is 4.54. The first kappa shape index (κ1) is 20.0. The lowest BCUT2D eigenvalue weighted by Crippen LogP contribution is -2.23. The molecular formula is C20H22N2O5S. The largest absolute Gasteiger partial charge is 0.457 e. The average Bonchev–Trinajstić information content (AvgIpc) is 3.12. The van der Waals surface area contributed by atoms with E-state index >= 15 is 0 Å².